The number of hydrogen-bond donors (Lipinski definition) is 2. The quantitative estimate of drug-likeness (QED) is 0.787. The second kappa shape index (κ2) is 4.74. The van der Waals surface area contributed by atoms with Gasteiger partial charge in [0.25, 0.3) is 0 Å². The monoisotopic (exact) mass is 246 g/mol. The topological polar surface area (TPSA) is 69.6 Å². The molecular weight excluding hydrogens is 232 g/mol. The van der Waals surface area contributed by atoms with Gasteiger partial charge in [-0.25, -0.2) is 4.79 Å². The molecule has 0 saturated carbocycles. The van der Waals surface area contributed by atoms with Gasteiger partial charge >= 0.3 is 12.0 Å². The Hall–Kier alpha value is -1.23. The summed E-state index contributed by atoms with van der Waals surface area (Å²) >= 11 is 5.51. The highest BCUT2D eigenvalue weighted by atomic mass is 35.5. The van der Waals surface area contributed by atoms with E-state index in [1.807, 2.05) is 0 Å². The van der Waals surface area contributed by atoms with E-state index in [0.717, 1.165) is 0 Å². The molecule has 2 amide bonds. The second-order valence-electron chi connectivity index (χ2n) is 4.21. The fourth-order valence-corrected chi connectivity index (χ4v) is 1.66. The van der Waals surface area contributed by atoms with Crippen LogP contribution in [0.5, 0.6) is 0 Å². The van der Waals surface area contributed by atoms with E-state index in [4.69, 9.17) is 16.7 Å². The van der Waals surface area contributed by atoms with E-state index in [0.29, 0.717) is 18.0 Å². The van der Waals surface area contributed by atoms with E-state index in [9.17, 15) is 9.59 Å². The standard InChI is InChI=1S/C10H15ClN2O3/c1-7(11)5-12-9(16)13-4-3-10(2,6-13)8(14)15/h1,3-6H2,2H3,(H,12,16)(H,14,15). The van der Waals surface area contributed by atoms with Crippen LogP contribution in [0.3, 0.4) is 0 Å². The van der Waals surface area contributed by atoms with Crippen LogP contribution in [0.25, 0.3) is 0 Å². The average Bonchev–Trinajstić information content (AvgIpc) is 2.59. The number of likely N-dealkylation sites (tertiary alicyclic amines) is 1. The predicted molar refractivity (Wildman–Crippen MR) is 60.3 cm³/mol. The summed E-state index contributed by atoms with van der Waals surface area (Å²) in [5.41, 5.74) is -0.838. The molecule has 5 nitrogen and oxygen atoms in total. The fraction of sp³-hybridized carbons (Fsp3) is 0.600. The molecule has 0 aromatic carbocycles. The maximum atomic E-state index is 11.6. The molecule has 0 aliphatic carbocycles. The number of carbonyl (C=O) groups excluding carboxylic acids is 1. The molecule has 0 aromatic rings. The van der Waals surface area contributed by atoms with E-state index in [2.05, 4.69) is 11.9 Å². The van der Waals surface area contributed by atoms with Gasteiger partial charge in [-0.15, -0.1) is 0 Å². The van der Waals surface area contributed by atoms with Crippen molar-refractivity contribution < 1.29 is 14.7 Å². The third-order valence-corrected chi connectivity index (χ3v) is 2.84. The van der Waals surface area contributed by atoms with Crippen LogP contribution in [-0.4, -0.2) is 41.6 Å². The smallest absolute Gasteiger partial charge is 0.317 e. The largest absolute Gasteiger partial charge is 0.481 e. The van der Waals surface area contributed by atoms with Crippen LogP contribution < -0.4 is 5.32 Å². The summed E-state index contributed by atoms with van der Waals surface area (Å²) in [6.45, 7) is 5.96. The first-order valence-electron chi connectivity index (χ1n) is 4.94. The molecule has 1 aliphatic heterocycles. The van der Waals surface area contributed by atoms with Gasteiger partial charge in [0.05, 0.1) is 12.0 Å². The molecule has 2 N–H and O–H groups in total. The van der Waals surface area contributed by atoms with Gasteiger partial charge in [0.1, 0.15) is 0 Å². The molecule has 1 heterocycles. The highest BCUT2D eigenvalue weighted by molar-refractivity contribution is 6.29. The number of rotatable bonds is 3. The zero-order valence-electron chi connectivity index (χ0n) is 9.12. The maximum Gasteiger partial charge on any atom is 0.317 e. The predicted octanol–water partition coefficient (Wildman–Crippen LogP) is 1.25. The lowest BCUT2D eigenvalue weighted by molar-refractivity contribution is -0.146. The van der Waals surface area contributed by atoms with Crippen LogP contribution in [0.15, 0.2) is 11.6 Å². The van der Waals surface area contributed by atoms with E-state index in [1.165, 1.54) is 4.90 Å². The van der Waals surface area contributed by atoms with Crippen molar-refractivity contribution >= 4 is 23.6 Å². The Labute approximate surface area is 99.1 Å². The van der Waals surface area contributed by atoms with Crippen LogP contribution in [0, 0.1) is 5.41 Å². The zero-order valence-corrected chi connectivity index (χ0v) is 9.88. The highest BCUT2D eigenvalue weighted by Crippen LogP contribution is 2.29. The molecule has 90 valence electrons. The molecule has 0 aromatic heterocycles. The van der Waals surface area contributed by atoms with E-state index in [1.54, 1.807) is 6.92 Å². The SMILES string of the molecule is C=C(Cl)CNC(=O)N1CCC(C)(C(=O)O)C1. The Kier molecular flexibility index (Phi) is 3.80. The Morgan fingerprint density at radius 1 is 1.62 bits per heavy atom. The lowest BCUT2D eigenvalue weighted by Gasteiger charge is -2.20. The van der Waals surface area contributed by atoms with Gasteiger partial charge in [0.15, 0.2) is 0 Å². The molecule has 0 spiro atoms. The van der Waals surface area contributed by atoms with E-state index in [-0.39, 0.29) is 19.1 Å². The Morgan fingerprint density at radius 2 is 2.25 bits per heavy atom. The van der Waals surface area contributed by atoms with Gasteiger partial charge < -0.3 is 15.3 Å². The first-order chi connectivity index (χ1) is 7.35. The third-order valence-electron chi connectivity index (χ3n) is 2.71. The van der Waals surface area contributed by atoms with Crippen molar-refractivity contribution in [3.05, 3.63) is 11.6 Å². The molecule has 1 atom stereocenters. The van der Waals surface area contributed by atoms with Gasteiger partial charge in [-0.2, -0.15) is 0 Å². The molecule has 1 aliphatic rings. The molecule has 0 bridgehead atoms. The zero-order chi connectivity index (χ0) is 12.3. The van der Waals surface area contributed by atoms with Crippen molar-refractivity contribution in [2.75, 3.05) is 19.6 Å². The van der Waals surface area contributed by atoms with Gasteiger partial charge in [-0.3, -0.25) is 4.79 Å². The lowest BCUT2D eigenvalue weighted by Crippen LogP contribution is -2.41. The minimum Gasteiger partial charge on any atom is -0.481 e. The number of nitrogens with one attached hydrogen (secondary N) is 1. The summed E-state index contributed by atoms with van der Waals surface area (Å²) in [4.78, 5) is 24.0. The second-order valence-corrected chi connectivity index (χ2v) is 4.75. The molecular formula is C10H15ClN2O3. The molecule has 1 fully saturated rings. The van der Waals surface area contributed by atoms with Gasteiger partial charge in [0, 0.05) is 18.1 Å². The number of urea groups is 1. The number of nitrogens with zero attached hydrogens (tertiary/aromatic N) is 1. The molecule has 1 unspecified atom stereocenters. The Bertz CT molecular complexity index is 332. The molecule has 1 rings (SSSR count). The fourth-order valence-electron chi connectivity index (χ4n) is 1.59. The van der Waals surface area contributed by atoms with Crippen LogP contribution in [0.2, 0.25) is 0 Å². The summed E-state index contributed by atoms with van der Waals surface area (Å²) < 4.78 is 0. The number of carboxylic acid groups (broad SMARTS) is 1. The summed E-state index contributed by atoms with van der Waals surface area (Å²) in [6.07, 6.45) is 0.470. The van der Waals surface area contributed by atoms with Crippen molar-refractivity contribution in [3.8, 4) is 0 Å². The number of carboxylic acids is 1. The number of carbonyl (C=O) groups is 2. The first-order valence-corrected chi connectivity index (χ1v) is 5.32. The average molecular weight is 247 g/mol. The number of hydrogen-bond acceptors (Lipinski definition) is 2. The molecule has 1 saturated heterocycles. The van der Waals surface area contributed by atoms with Gasteiger partial charge in [-0.1, -0.05) is 18.2 Å². The molecule has 16 heavy (non-hydrogen) atoms. The maximum absolute atomic E-state index is 11.6. The van der Waals surface area contributed by atoms with E-state index < -0.39 is 11.4 Å². The van der Waals surface area contributed by atoms with Crippen molar-refractivity contribution in [3.63, 3.8) is 0 Å². The van der Waals surface area contributed by atoms with Crippen LogP contribution >= 0.6 is 11.6 Å². The first kappa shape index (κ1) is 12.8. The summed E-state index contributed by atoms with van der Waals surface area (Å²) in [5, 5.41) is 11.9. The third kappa shape index (κ3) is 2.88. The molecule has 0 radical (unpaired) electrons. The summed E-state index contributed by atoms with van der Waals surface area (Å²) in [7, 11) is 0. The van der Waals surface area contributed by atoms with Crippen LogP contribution in [-0.2, 0) is 4.79 Å². The minimum absolute atomic E-state index is 0.195. The molecule has 6 heteroatoms. The van der Waals surface area contributed by atoms with Gasteiger partial charge in [0.2, 0.25) is 0 Å². The number of halogens is 1. The Morgan fingerprint density at radius 3 is 2.69 bits per heavy atom. The minimum atomic E-state index is -0.871. The van der Waals surface area contributed by atoms with Gasteiger partial charge in [-0.05, 0) is 13.3 Å². The summed E-state index contributed by atoms with van der Waals surface area (Å²) in [5.74, 6) is -0.871. The van der Waals surface area contributed by atoms with E-state index >= 15 is 0 Å². The number of amides is 2. The van der Waals surface area contributed by atoms with Crippen molar-refractivity contribution in [2.45, 2.75) is 13.3 Å². The lowest BCUT2D eigenvalue weighted by atomic mass is 9.90. The van der Waals surface area contributed by atoms with Crippen molar-refractivity contribution in [1.82, 2.24) is 10.2 Å². The normalized spacial score (nSPS) is 24.2. The van der Waals surface area contributed by atoms with Crippen molar-refractivity contribution in [2.24, 2.45) is 5.41 Å². The highest BCUT2D eigenvalue weighted by Gasteiger charge is 2.42. The van der Waals surface area contributed by atoms with Crippen LogP contribution in [0.1, 0.15) is 13.3 Å². The Balaban J connectivity index is 2.50. The van der Waals surface area contributed by atoms with Crippen LogP contribution in [0.4, 0.5) is 4.79 Å². The van der Waals surface area contributed by atoms with Crippen molar-refractivity contribution in [1.29, 1.82) is 0 Å². The summed E-state index contributed by atoms with van der Waals surface area (Å²) in [6, 6.07) is -0.299. The number of aliphatic carboxylic acids is 1.